The van der Waals surface area contributed by atoms with Crippen molar-refractivity contribution >= 4 is 16.8 Å². The molecular weight excluding hydrogens is 381 g/mol. The van der Waals surface area contributed by atoms with E-state index in [9.17, 15) is 9.18 Å². The second-order valence-corrected chi connectivity index (χ2v) is 7.55. The summed E-state index contributed by atoms with van der Waals surface area (Å²) in [6, 6.07) is 6.94. The highest BCUT2D eigenvalue weighted by atomic mass is 19.1. The average molecular weight is 403 g/mol. The van der Waals surface area contributed by atoms with Gasteiger partial charge in [-0.2, -0.15) is 5.10 Å². The summed E-state index contributed by atoms with van der Waals surface area (Å²) in [7, 11) is 0. The number of pyridine rings is 1. The lowest BCUT2D eigenvalue weighted by Gasteiger charge is -2.15. The van der Waals surface area contributed by atoms with Gasteiger partial charge in [0.1, 0.15) is 11.5 Å². The Bertz CT molecular complexity index is 1270. The number of carbonyl (C=O) groups excluding carboxylic acids is 1. The van der Waals surface area contributed by atoms with Crippen LogP contribution in [0.1, 0.15) is 41.2 Å². The van der Waals surface area contributed by atoms with Crippen LogP contribution in [0.25, 0.3) is 22.0 Å². The Morgan fingerprint density at radius 1 is 1.17 bits per heavy atom. The van der Waals surface area contributed by atoms with E-state index in [1.165, 1.54) is 6.07 Å². The number of rotatable bonds is 4. The SMILES string of the molecule is CCc1ccncc1-c1ccc(F)c2[nH]c(C(=O)N3Cc4cnn(CC)c4C3)cc12. The van der Waals surface area contributed by atoms with Crippen LogP contribution in [-0.4, -0.2) is 30.6 Å². The number of aromatic amines is 1. The van der Waals surface area contributed by atoms with Crippen molar-refractivity contribution in [2.24, 2.45) is 0 Å². The Kier molecular flexibility index (Phi) is 4.38. The van der Waals surface area contributed by atoms with Crippen LogP contribution in [0.4, 0.5) is 4.39 Å². The molecule has 0 radical (unpaired) electrons. The first kappa shape index (κ1) is 18.5. The number of nitrogens with one attached hydrogen (secondary N) is 1. The smallest absolute Gasteiger partial charge is 0.270 e. The maximum absolute atomic E-state index is 14.6. The van der Waals surface area contributed by atoms with Crippen molar-refractivity contribution in [3.05, 3.63) is 71.2 Å². The van der Waals surface area contributed by atoms with Gasteiger partial charge in [-0.25, -0.2) is 4.39 Å². The molecule has 7 heteroatoms. The van der Waals surface area contributed by atoms with E-state index < -0.39 is 0 Å². The Morgan fingerprint density at radius 3 is 2.83 bits per heavy atom. The van der Waals surface area contributed by atoms with Crippen LogP contribution in [0.5, 0.6) is 0 Å². The Balaban J connectivity index is 1.55. The third kappa shape index (κ3) is 2.81. The minimum atomic E-state index is -0.374. The minimum absolute atomic E-state index is 0.141. The maximum atomic E-state index is 14.6. The van der Waals surface area contributed by atoms with Crippen molar-refractivity contribution in [1.82, 2.24) is 24.6 Å². The number of amides is 1. The highest BCUT2D eigenvalue weighted by Crippen LogP contribution is 2.33. The quantitative estimate of drug-likeness (QED) is 0.552. The summed E-state index contributed by atoms with van der Waals surface area (Å²) < 4.78 is 16.5. The van der Waals surface area contributed by atoms with E-state index in [-0.39, 0.29) is 11.7 Å². The molecule has 4 aromatic rings. The van der Waals surface area contributed by atoms with E-state index in [4.69, 9.17) is 0 Å². The molecule has 1 aliphatic rings. The number of benzene rings is 1. The molecule has 1 aromatic carbocycles. The summed E-state index contributed by atoms with van der Waals surface area (Å²) >= 11 is 0. The van der Waals surface area contributed by atoms with Gasteiger partial charge in [0.25, 0.3) is 5.91 Å². The van der Waals surface area contributed by atoms with Crippen LogP contribution in [0.15, 0.2) is 42.9 Å². The summed E-state index contributed by atoms with van der Waals surface area (Å²) in [6.07, 6.45) is 6.22. The van der Waals surface area contributed by atoms with Crippen LogP contribution in [0.3, 0.4) is 0 Å². The zero-order chi connectivity index (χ0) is 20.8. The van der Waals surface area contributed by atoms with Crippen molar-refractivity contribution in [3.8, 4) is 11.1 Å². The Morgan fingerprint density at radius 2 is 2.03 bits per heavy atom. The van der Waals surface area contributed by atoms with Gasteiger partial charge in [0.05, 0.1) is 24.0 Å². The number of hydrogen-bond donors (Lipinski definition) is 1. The van der Waals surface area contributed by atoms with E-state index >= 15 is 0 Å². The fourth-order valence-corrected chi connectivity index (χ4v) is 4.30. The molecule has 0 bridgehead atoms. The number of hydrogen-bond acceptors (Lipinski definition) is 3. The van der Waals surface area contributed by atoms with Crippen LogP contribution in [-0.2, 0) is 26.1 Å². The largest absolute Gasteiger partial charge is 0.348 e. The standard InChI is InChI=1S/C23H22FN5O/c1-3-14-7-8-25-11-18(14)16-5-6-19(24)22-17(16)9-20(27-22)23(30)28-12-15-10-26-29(4-2)21(15)13-28/h5-11,27H,3-4,12-13H2,1-2H3. The van der Waals surface area contributed by atoms with Gasteiger partial charge in [-0.05, 0) is 42.7 Å². The van der Waals surface area contributed by atoms with E-state index in [1.807, 2.05) is 23.9 Å². The molecule has 0 unspecified atom stereocenters. The van der Waals surface area contributed by atoms with Gasteiger partial charge in [-0.15, -0.1) is 0 Å². The normalized spacial score (nSPS) is 13.2. The van der Waals surface area contributed by atoms with Gasteiger partial charge in [-0.3, -0.25) is 14.5 Å². The van der Waals surface area contributed by atoms with Crippen molar-refractivity contribution in [2.45, 2.75) is 39.9 Å². The predicted octanol–water partition coefficient (Wildman–Crippen LogP) is 4.30. The Hall–Kier alpha value is -3.48. The summed E-state index contributed by atoms with van der Waals surface area (Å²) in [5, 5.41) is 5.04. The number of halogens is 1. The molecule has 0 saturated carbocycles. The fourth-order valence-electron chi connectivity index (χ4n) is 4.30. The van der Waals surface area contributed by atoms with Gasteiger partial charge in [0, 0.05) is 42.0 Å². The molecule has 3 aromatic heterocycles. The molecule has 0 fully saturated rings. The lowest BCUT2D eigenvalue weighted by atomic mass is 9.97. The highest BCUT2D eigenvalue weighted by molar-refractivity contribution is 6.03. The highest BCUT2D eigenvalue weighted by Gasteiger charge is 2.29. The van der Waals surface area contributed by atoms with Crippen LogP contribution >= 0.6 is 0 Å². The lowest BCUT2D eigenvalue weighted by Crippen LogP contribution is -2.26. The maximum Gasteiger partial charge on any atom is 0.270 e. The summed E-state index contributed by atoms with van der Waals surface area (Å²) in [6.45, 7) is 5.90. The van der Waals surface area contributed by atoms with E-state index in [2.05, 4.69) is 22.0 Å². The molecule has 0 saturated heterocycles. The lowest BCUT2D eigenvalue weighted by molar-refractivity contribution is 0.0743. The van der Waals surface area contributed by atoms with Gasteiger partial charge >= 0.3 is 0 Å². The molecule has 4 heterocycles. The molecule has 0 spiro atoms. The van der Waals surface area contributed by atoms with Crippen LogP contribution < -0.4 is 0 Å². The molecule has 0 atom stereocenters. The fraction of sp³-hybridized carbons (Fsp3) is 0.261. The minimum Gasteiger partial charge on any atom is -0.348 e. The van der Waals surface area contributed by atoms with Gasteiger partial charge in [-0.1, -0.05) is 13.0 Å². The van der Waals surface area contributed by atoms with Gasteiger partial charge in [0.15, 0.2) is 0 Å². The zero-order valence-corrected chi connectivity index (χ0v) is 16.9. The molecule has 5 rings (SSSR count). The van der Waals surface area contributed by atoms with Crippen LogP contribution in [0, 0.1) is 5.82 Å². The van der Waals surface area contributed by atoms with Crippen molar-refractivity contribution < 1.29 is 9.18 Å². The topological polar surface area (TPSA) is 66.8 Å². The van der Waals surface area contributed by atoms with Crippen molar-refractivity contribution in [2.75, 3.05) is 0 Å². The third-order valence-corrected chi connectivity index (χ3v) is 5.88. The number of nitrogens with zero attached hydrogens (tertiary/aromatic N) is 4. The molecule has 0 aliphatic carbocycles. The number of aromatic nitrogens is 4. The predicted molar refractivity (Wildman–Crippen MR) is 112 cm³/mol. The molecule has 6 nitrogen and oxygen atoms in total. The second kappa shape index (κ2) is 7.09. The molecule has 1 amide bonds. The third-order valence-electron chi connectivity index (χ3n) is 5.88. The molecular formula is C23H22FN5O. The number of aryl methyl sites for hydroxylation is 2. The van der Waals surface area contributed by atoms with E-state index in [0.717, 1.165) is 40.9 Å². The van der Waals surface area contributed by atoms with Crippen molar-refractivity contribution in [3.63, 3.8) is 0 Å². The summed E-state index contributed by atoms with van der Waals surface area (Å²) in [5.41, 5.74) is 5.83. The molecule has 1 aliphatic heterocycles. The first-order valence-electron chi connectivity index (χ1n) is 10.2. The summed E-state index contributed by atoms with van der Waals surface area (Å²) in [4.78, 5) is 22.2. The summed E-state index contributed by atoms with van der Waals surface area (Å²) in [5.74, 6) is -0.515. The van der Waals surface area contributed by atoms with Crippen molar-refractivity contribution in [1.29, 1.82) is 0 Å². The first-order chi connectivity index (χ1) is 14.6. The number of H-pyrrole nitrogens is 1. The number of carbonyl (C=O) groups is 1. The van der Waals surface area contributed by atoms with Gasteiger partial charge in [0.2, 0.25) is 0 Å². The van der Waals surface area contributed by atoms with E-state index in [0.29, 0.717) is 29.7 Å². The van der Waals surface area contributed by atoms with E-state index in [1.54, 1.807) is 29.4 Å². The van der Waals surface area contributed by atoms with Crippen LogP contribution in [0.2, 0.25) is 0 Å². The van der Waals surface area contributed by atoms with Gasteiger partial charge < -0.3 is 9.88 Å². The second-order valence-electron chi connectivity index (χ2n) is 7.55. The molecule has 152 valence electrons. The monoisotopic (exact) mass is 403 g/mol. The zero-order valence-electron chi connectivity index (χ0n) is 16.9. The number of fused-ring (bicyclic) bond motifs is 2. The first-order valence-corrected chi connectivity index (χ1v) is 10.2. The molecule has 1 N–H and O–H groups in total. The Labute approximate surface area is 173 Å². The average Bonchev–Trinajstić information content (AvgIpc) is 3.48. The molecule has 30 heavy (non-hydrogen) atoms.